The molecule has 0 saturated heterocycles. The largest absolute Gasteiger partial charge is 0.383 e. The summed E-state index contributed by atoms with van der Waals surface area (Å²) in [6, 6.07) is 1.91. The average molecular weight is 281 g/mol. The fraction of sp³-hybridized carbons (Fsp3) is 0.417. The Morgan fingerprint density at radius 1 is 1.44 bits per heavy atom. The van der Waals surface area contributed by atoms with E-state index < -0.39 is 0 Å². The predicted octanol–water partition coefficient (Wildman–Crippen LogP) is 2.98. The van der Waals surface area contributed by atoms with E-state index in [1.165, 1.54) is 23.1 Å². The third kappa shape index (κ3) is 2.81. The Bertz CT molecular complexity index is 587. The Hall–Kier alpha value is -1.14. The van der Waals surface area contributed by atoms with Crippen molar-refractivity contribution in [1.82, 2.24) is 9.97 Å². The second-order valence-corrected chi connectivity index (χ2v) is 6.83. The first-order valence-corrected chi connectivity index (χ1v) is 7.41. The zero-order chi connectivity index (χ0) is 13.3. The number of nitrogen functional groups attached to an aromatic ring is 1. The number of nitrogens with zero attached hydrogens (tertiary/aromatic N) is 2. The molecule has 18 heavy (non-hydrogen) atoms. The van der Waals surface area contributed by atoms with Crippen LogP contribution < -0.4 is 5.73 Å². The second kappa shape index (κ2) is 4.85. The van der Waals surface area contributed by atoms with Crippen molar-refractivity contribution in [3.8, 4) is 0 Å². The Morgan fingerprint density at radius 2 is 2.17 bits per heavy atom. The highest BCUT2D eigenvalue weighted by Gasteiger charge is 2.21. The standard InChI is InChI=1S/C12H15N3OS2/c1-12(2,3)8(16)6-18-11-14-9(13)7-4-5-17-10(7)15-11/h4-5H,6H2,1-3H3,(H2,13,14,15). The third-order valence-electron chi connectivity index (χ3n) is 2.50. The highest BCUT2D eigenvalue weighted by Crippen LogP contribution is 2.27. The molecule has 96 valence electrons. The molecule has 4 nitrogen and oxygen atoms in total. The minimum Gasteiger partial charge on any atom is -0.383 e. The summed E-state index contributed by atoms with van der Waals surface area (Å²) in [7, 11) is 0. The summed E-state index contributed by atoms with van der Waals surface area (Å²) in [5, 5.41) is 3.39. The molecule has 6 heteroatoms. The number of hydrogen-bond donors (Lipinski definition) is 1. The van der Waals surface area contributed by atoms with Crippen LogP contribution in [0.25, 0.3) is 10.2 Å². The number of ketones is 1. The number of thiophene rings is 1. The van der Waals surface area contributed by atoms with Crippen molar-refractivity contribution in [3.63, 3.8) is 0 Å². The maximum atomic E-state index is 11.8. The van der Waals surface area contributed by atoms with Gasteiger partial charge in [-0.15, -0.1) is 11.3 Å². The van der Waals surface area contributed by atoms with E-state index in [4.69, 9.17) is 5.73 Å². The monoisotopic (exact) mass is 281 g/mol. The number of carbonyl (C=O) groups excluding carboxylic acids is 1. The number of Topliss-reactive ketones (excluding diaryl/α,β-unsaturated/α-hetero) is 1. The lowest BCUT2D eigenvalue weighted by Crippen LogP contribution is -2.22. The van der Waals surface area contributed by atoms with Gasteiger partial charge in [-0.05, 0) is 11.4 Å². The fourth-order valence-corrected chi connectivity index (χ4v) is 3.11. The normalized spacial score (nSPS) is 11.9. The molecule has 0 saturated carbocycles. The molecule has 0 aliphatic carbocycles. The quantitative estimate of drug-likeness (QED) is 0.692. The lowest BCUT2D eigenvalue weighted by molar-refractivity contribution is -0.123. The van der Waals surface area contributed by atoms with Crippen molar-refractivity contribution in [2.45, 2.75) is 25.9 Å². The van der Waals surface area contributed by atoms with Crippen molar-refractivity contribution in [1.29, 1.82) is 0 Å². The molecule has 2 heterocycles. The highest BCUT2D eigenvalue weighted by molar-refractivity contribution is 7.99. The smallest absolute Gasteiger partial charge is 0.191 e. The van der Waals surface area contributed by atoms with Crippen LogP contribution in [0.5, 0.6) is 0 Å². The molecule has 2 N–H and O–H groups in total. The van der Waals surface area contributed by atoms with E-state index in [2.05, 4.69) is 9.97 Å². The summed E-state index contributed by atoms with van der Waals surface area (Å²) in [4.78, 5) is 21.3. The molecule has 2 aromatic rings. The van der Waals surface area contributed by atoms with Crippen LogP contribution in [0, 0.1) is 5.41 Å². The number of aromatic nitrogens is 2. The van der Waals surface area contributed by atoms with Crippen LogP contribution in [-0.4, -0.2) is 21.5 Å². The van der Waals surface area contributed by atoms with Crippen molar-refractivity contribution < 1.29 is 4.79 Å². The molecule has 0 unspecified atom stereocenters. The number of fused-ring (bicyclic) bond motifs is 1. The molecule has 0 amide bonds. The summed E-state index contributed by atoms with van der Waals surface area (Å²) in [5.74, 6) is 1.03. The van der Waals surface area contributed by atoms with Crippen LogP contribution in [0.4, 0.5) is 5.82 Å². The first-order valence-electron chi connectivity index (χ1n) is 5.55. The Kier molecular flexibility index (Phi) is 3.59. The van der Waals surface area contributed by atoms with E-state index in [1.807, 2.05) is 32.2 Å². The average Bonchev–Trinajstić information content (AvgIpc) is 2.73. The summed E-state index contributed by atoms with van der Waals surface area (Å²) in [5.41, 5.74) is 5.52. The molecule has 0 aliphatic heterocycles. The maximum absolute atomic E-state index is 11.8. The zero-order valence-corrected chi connectivity index (χ0v) is 12.2. The molecule has 2 rings (SSSR count). The number of rotatable bonds is 3. The van der Waals surface area contributed by atoms with Gasteiger partial charge in [0.05, 0.1) is 11.1 Å². The van der Waals surface area contributed by atoms with Crippen LogP contribution in [0.15, 0.2) is 16.6 Å². The zero-order valence-electron chi connectivity index (χ0n) is 10.6. The van der Waals surface area contributed by atoms with Crippen LogP contribution in [0.1, 0.15) is 20.8 Å². The Labute approximate surface area is 114 Å². The van der Waals surface area contributed by atoms with E-state index in [9.17, 15) is 4.79 Å². The van der Waals surface area contributed by atoms with Gasteiger partial charge in [-0.25, -0.2) is 9.97 Å². The van der Waals surface area contributed by atoms with Crippen molar-refractivity contribution in [2.75, 3.05) is 11.5 Å². The van der Waals surface area contributed by atoms with E-state index in [1.54, 1.807) is 0 Å². The Morgan fingerprint density at radius 3 is 2.83 bits per heavy atom. The SMILES string of the molecule is CC(C)(C)C(=O)CSc1nc(N)c2ccsc2n1. The van der Waals surface area contributed by atoms with Gasteiger partial charge >= 0.3 is 0 Å². The third-order valence-corrected chi connectivity index (χ3v) is 4.16. The molecule has 0 aliphatic rings. The molecule has 0 fully saturated rings. The van der Waals surface area contributed by atoms with Crippen LogP contribution in [0.2, 0.25) is 0 Å². The number of nitrogens with two attached hydrogens (primary N) is 1. The van der Waals surface area contributed by atoms with Gasteiger partial charge in [0.25, 0.3) is 0 Å². The van der Waals surface area contributed by atoms with Gasteiger partial charge in [-0.3, -0.25) is 4.79 Å². The molecule has 0 atom stereocenters. The topological polar surface area (TPSA) is 68.9 Å². The second-order valence-electron chi connectivity index (χ2n) is 4.99. The van der Waals surface area contributed by atoms with Gasteiger partial charge in [0.2, 0.25) is 0 Å². The molecule has 0 radical (unpaired) electrons. The number of hydrogen-bond acceptors (Lipinski definition) is 6. The number of anilines is 1. The van der Waals surface area contributed by atoms with E-state index >= 15 is 0 Å². The molecular formula is C12H15N3OS2. The van der Waals surface area contributed by atoms with Gasteiger partial charge in [0, 0.05) is 5.41 Å². The fourth-order valence-electron chi connectivity index (χ4n) is 1.27. The molecule has 0 spiro atoms. The van der Waals surface area contributed by atoms with Crippen molar-refractivity contribution in [2.24, 2.45) is 5.41 Å². The van der Waals surface area contributed by atoms with Crippen LogP contribution in [-0.2, 0) is 4.79 Å². The van der Waals surface area contributed by atoms with E-state index in [0.29, 0.717) is 16.7 Å². The van der Waals surface area contributed by atoms with Gasteiger partial charge in [0.1, 0.15) is 16.4 Å². The molecule has 0 bridgehead atoms. The summed E-state index contributed by atoms with van der Waals surface area (Å²) >= 11 is 2.87. The van der Waals surface area contributed by atoms with Crippen molar-refractivity contribution in [3.05, 3.63) is 11.4 Å². The lowest BCUT2D eigenvalue weighted by Gasteiger charge is -2.15. The van der Waals surface area contributed by atoms with Gasteiger partial charge < -0.3 is 5.73 Å². The van der Waals surface area contributed by atoms with E-state index in [0.717, 1.165) is 10.2 Å². The van der Waals surface area contributed by atoms with Crippen LogP contribution >= 0.6 is 23.1 Å². The van der Waals surface area contributed by atoms with Gasteiger partial charge in [-0.1, -0.05) is 32.5 Å². The molecular weight excluding hydrogens is 266 g/mol. The van der Waals surface area contributed by atoms with Gasteiger partial charge in [0.15, 0.2) is 5.16 Å². The van der Waals surface area contributed by atoms with E-state index in [-0.39, 0.29) is 11.2 Å². The lowest BCUT2D eigenvalue weighted by atomic mass is 9.92. The number of thioether (sulfide) groups is 1. The maximum Gasteiger partial charge on any atom is 0.191 e. The van der Waals surface area contributed by atoms with Crippen LogP contribution in [0.3, 0.4) is 0 Å². The Balaban J connectivity index is 2.15. The van der Waals surface area contributed by atoms with Gasteiger partial charge in [-0.2, -0.15) is 0 Å². The minimum atomic E-state index is -0.328. The summed E-state index contributed by atoms with van der Waals surface area (Å²) in [6.45, 7) is 5.73. The van der Waals surface area contributed by atoms with Crippen molar-refractivity contribution >= 4 is 44.9 Å². The molecule has 0 aromatic carbocycles. The predicted molar refractivity (Wildman–Crippen MR) is 77.0 cm³/mol. The first kappa shape index (κ1) is 13.3. The summed E-state index contributed by atoms with van der Waals surface area (Å²) < 4.78 is 0. The molecule has 2 aromatic heterocycles. The highest BCUT2D eigenvalue weighted by atomic mass is 32.2. The number of carbonyl (C=O) groups is 1. The first-order chi connectivity index (χ1) is 8.38. The minimum absolute atomic E-state index is 0.181. The summed E-state index contributed by atoms with van der Waals surface area (Å²) in [6.07, 6.45) is 0.